The first-order valence-electron chi connectivity index (χ1n) is 10.0. The molecule has 4 nitrogen and oxygen atoms in total. The maximum Gasteiger partial charge on any atom is 0.225 e. The van der Waals surface area contributed by atoms with Crippen molar-refractivity contribution in [1.82, 2.24) is 0 Å². The van der Waals surface area contributed by atoms with Crippen LogP contribution in [0.5, 0.6) is 0 Å². The Labute approximate surface area is 178 Å². The number of thioether (sulfide) groups is 1. The number of hydrogen-bond acceptors (Lipinski definition) is 3. The first-order chi connectivity index (χ1) is 13.7. The van der Waals surface area contributed by atoms with Crippen LogP contribution in [0.15, 0.2) is 24.3 Å². The summed E-state index contributed by atoms with van der Waals surface area (Å²) in [5.74, 6) is 1.43. The Morgan fingerprint density at radius 2 is 0.966 bits per heavy atom. The molecule has 2 N–H and O–H groups in total. The number of aryl methyl sites for hydroxylation is 6. The number of benzene rings is 2. The van der Waals surface area contributed by atoms with Crippen LogP contribution in [0, 0.1) is 41.5 Å². The lowest BCUT2D eigenvalue weighted by Gasteiger charge is -2.13. The smallest absolute Gasteiger partial charge is 0.225 e. The van der Waals surface area contributed by atoms with E-state index in [9.17, 15) is 9.59 Å². The van der Waals surface area contributed by atoms with E-state index in [0.29, 0.717) is 24.3 Å². The van der Waals surface area contributed by atoms with Gasteiger partial charge in [-0.1, -0.05) is 35.4 Å². The van der Waals surface area contributed by atoms with E-state index >= 15 is 0 Å². The van der Waals surface area contributed by atoms with Crippen molar-refractivity contribution in [3.05, 3.63) is 57.6 Å². The molecule has 0 bridgehead atoms. The average Bonchev–Trinajstić information content (AvgIpc) is 2.61. The first kappa shape index (κ1) is 23.0. The van der Waals surface area contributed by atoms with Gasteiger partial charge in [0.2, 0.25) is 11.8 Å². The van der Waals surface area contributed by atoms with Gasteiger partial charge < -0.3 is 10.6 Å². The summed E-state index contributed by atoms with van der Waals surface area (Å²) < 4.78 is 0. The van der Waals surface area contributed by atoms with Crippen LogP contribution in [0.25, 0.3) is 0 Å². The Morgan fingerprint density at radius 1 is 0.655 bits per heavy atom. The molecule has 2 aromatic carbocycles. The maximum absolute atomic E-state index is 12.2. The highest BCUT2D eigenvalue weighted by Gasteiger charge is 2.10. The normalized spacial score (nSPS) is 10.7. The van der Waals surface area contributed by atoms with Gasteiger partial charge in [-0.05, 0) is 63.8 Å². The summed E-state index contributed by atoms with van der Waals surface area (Å²) in [7, 11) is 0. The molecule has 0 radical (unpaired) electrons. The minimum absolute atomic E-state index is 0.0166. The van der Waals surface area contributed by atoms with Gasteiger partial charge in [0.25, 0.3) is 0 Å². The number of carbonyl (C=O) groups excluding carboxylic acids is 2. The summed E-state index contributed by atoms with van der Waals surface area (Å²) in [6.07, 6.45) is 0.879. The van der Waals surface area contributed by atoms with Crippen molar-refractivity contribution in [3.63, 3.8) is 0 Å². The van der Waals surface area contributed by atoms with Crippen LogP contribution in [0.3, 0.4) is 0 Å². The highest BCUT2D eigenvalue weighted by molar-refractivity contribution is 7.99. The summed E-state index contributed by atoms with van der Waals surface area (Å²) in [6.45, 7) is 12.2. The number of nitrogens with one attached hydrogen (secondary N) is 2. The molecule has 2 aromatic rings. The standard InChI is InChI=1S/C24H32N2O2S/c1-15-11-17(3)23(18(4)12-15)25-21(27)7-9-29-10-8-22(28)26-24-19(5)13-16(2)14-20(24)6/h11-14H,7-10H2,1-6H3,(H,25,27)(H,26,28). The summed E-state index contributed by atoms with van der Waals surface area (Å²) in [6, 6.07) is 8.31. The zero-order chi connectivity index (χ0) is 21.6. The molecule has 0 aliphatic heterocycles. The van der Waals surface area contributed by atoms with Crippen LogP contribution in [0.4, 0.5) is 11.4 Å². The molecule has 2 rings (SSSR count). The summed E-state index contributed by atoms with van der Waals surface area (Å²) >= 11 is 1.63. The Kier molecular flexibility index (Phi) is 8.32. The van der Waals surface area contributed by atoms with Gasteiger partial charge in [0.1, 0.15) is 0 Å². The van der Waals surface area contributed by atoms with Crippen LogP contribution in [-0.4, -0.2) is 23.3 Å². The Balaban J connectivity index is 1.72. The van der Waals surface area contributed by atoms with Crippen LogP contribution < -0.4 is 10.6 Å². The van der Waals surface area contributed by atoms with E-state index in [1.807, 2.05) is 27.7 Å². The number of carbonyl (C=O) groups is 2. The molecule has 0 fully saturated rings. The summed E-state index contributed by atoms with van der Waals surface area (Å²) in [5, 5.41) is 6.05. The van der Waals surface area contributed by atoms with Gasteiger partial charge in [0.15, 0.2) is 0 Å². The lowest BCUT2D eigenvalue weighted by Crippen LogP contribution is -2.15. The number of hydrogen-bond donors (Lipinski definition) is 2. The minimum Gasteiger partial charge on any atom is -0.326 e. The lowest BCUT2D eigenvalue weighted by molar-refractivity contribution is -0.116. The van der Waals surface area contributed by atoms with Gasteiger partial charge in [-0.2, -0.15) is 11.8 Å². The van der Waals surface area contributed by atoms with Gasteiger partial charge in [0.05, 0.1) is 0 Å². The third-order valence-electron chi connectivity index (χ3n) is 4.83. The fraction of sp³-hybridized carbons (Fsp3) is 0.417. The van der Waals surface area contributed by atoms with Crippen molar-refractivity contribution in [2.45, 2.75) is 54.4 Å². The molecule has 5 heteroatoms. The summed E-state index contributed by atoms with van der Waals surface area (Å²) in [4.78, 5) is 24.5. The maximum atomic E-state index is 12.2. The fourth-order valence-corrected chi connectivity index (χ4v) is 4.45. The molecule has 0 heterocycles. The highest BCUT2D eigenvalue weighted by Crippen LogP contribution is 2.23. The molecule has 0 saturated carbocycles. The number of amides is 2. The molecule has 0 atom stereocenters. The highest BCUT2D eigenvalue weighted by atomic mass is 32.2. The van der Waals surface area contributed by atoms with Gasteiger partial charge in [-0.15, -0.1) is 0 Å². The molecular weight excluding hydrogens is 380 g/mol. The van der Waals surface area contributed by atoms with E-state index < -0.39 is 0 Å². The van der Waals surface area contributed by atoms with E-state index in [1.165, 1.54) is 11.1 Å². The van der Waals surface area contributed by atoms with E-state index in [4.69, 9.17) is 0 Å². The van der Waals surface area contributed by atoms with Gasteiger partial charge in [0, 0.05) is 35.7 Å². The Morgan fingerprint density at radius 3 is 1.28 bits per heavy atom. The van der Waals surface area contributed by atoms with Gasteiger partial charge >= 0.3 is 0 Å². The molecular formula is C24H32N2O2S. The number of anilines is 2. The zero-order valence-electron chi connectivity index (χ0n) is 18.4. The van der Waals surface area contributed by atoms with Crippen molar-refractivity contribution < 1.29 is 9.59 Å². The quantitative estimate of drug-likeness (QED) is 0.553. The Hall–Kier alpha value is -2.27. The van der Waals surface area contributed by atoms with Crippen LogP contribution in [-0.2, 0) is 9.59 Å². The minimum atomic E-state index is 0.0166. The first-order valence-corrected chi connectivity index (χ1v) is 11.2. The third-order valence-corrected chi connectivity index (χ3v) is 5.82. The second-order valence-corrected chi connectivity index (χ2v) is 8.98. The van der Waals surface area contributed by atoms with E-state index in [2.05, 4.69) is 48.7 Å². The van der Waals surface area contributed by atoms with Gasteiger partial charge in [-0.25, -0.2) is 0 Å². The molecule has 0 aromatic heterocycles. The monoisotopic (exact) mass is 412 g/mol. The predicted molar refractivity (Wildman–Crippen MR) is 125 cm³/mol. The SMILES string of the molecule is Cc1cc(C)c(NC(=O)CCSCCC(=O)Nc2c(C)cc(C)cc2C)c(C)c1. The molecule has 2 amide bonds. The average molecular weight is 413 g/mol. The van der Waals surface area contributed by atoms with Crippen molar-refractivity contribution in [2.24, 2.45) is 0 Å². The molecule has 0 saturated heterocycles. The molecule has 0 aliphatic carbocycles. The number of rotatable bonds is 8. The van der Waals surface area contributed by atoms with Crippen LogP contribution in [0.2, 0.25) is 0 Å². The molecule has 0 spiro atoms. The van der Waals surface area contributed by atoms with Crippen LogP contribution in [0.1, 0.15) is 46.2 Å². The van der Waals surface area contributed by atoms with E-state index in [0.717, 1.165) is 33.6 Å². The molecule has 156 valence electrons. The molecule has 0 aliphatic rings. The fourth-order valence-electron chi connectivity index (χ4n) is 3.59. The molecule has 29 heavy (non-hydrogen) atoms. The van der Waals surface area contributed by atoms with Crippen molar-refractivity contribution in [2.75, 3.05) is 22.1 Å². The predicted octanol–water partition coefficient (Wildman–Crippen LogP) is 5.63. The Bertz CT molecular complexity index is 786. The second kappa shape index (κ2) is 10.5. The van der Waals surface area contributed by atoms with Crippen molar-refractivity contribution in [1.29, 1.82) is 0 Å². The van der Waals surface area contributed by atoms with Crippen LogP contribution >= 0.6 is 11.8 Å². The molecule has 0 unspecified atom stereocenters. The second-order valence-electron chi connectivity index (χ2n) is 7.76. The lowest BCUT2D eigenvalue weighted by atomic mass is 10.1. The van der Waals surface area contributed by atoms with Gasteiger partial charge in [-0.3, -0.25) is 9.59 Å². The topological polar surface area (TPSA) is 58.2 Å². The third kappa shape index (κ3) is 6.93. The zero-order valence-corrected chi connectivity index (χ0v) is 19.2. The van der Waals surface area contributed by atoms with E-state index in [-0.39, 0.29) is 11.8 Å². The van der Waals surface area contributed by atoms with E-state index in [1.54, 1.807) is 11.8 Å². The van der Waals surface area contributed by atoms with Crippen molar-refractivity contribution in [3.8, 4) is 0 Å². The largest absolute Gasteiger partial charge is 0.326 e. The van der Waals surface area contributed by atoms with Crippen molar-refractivity contribution >= 4 is 35.0 Å². The summed E-state index contributed by atoms with van der Waals surface area (Å²) in [5.41, 5.74) is 8.56.